The molecule has 3 aromatic heterocycles. The molecule has 6 nitrogen and oxygen atoms in total. The first-order valence-electron chi connectivity index (χ1n) is 10.6. The molecule has 0 radical (unpaired) electrons. The van der Waals surface area contributed by atoms with Crippen LogP contribution in [-0.4, -0.2) is 33.6 Å². The number of aromatic amines is 1. The molecular weight excluding hydrogens is 408 g/mol. The highest BCUT2D eigenvalue weighted by molar-refractivity contribution is 7.13. The van der Waals surface area contributed by atoms with E-state index in [1.165, 1.54) is 24.2 Å². The molecule has 158 valence electrons. The van der Waals surface area contributed by atoms with Gasteiger partial charge < -0.3 is 15.0 Å². The van der Waals surface area contributed by atoms with Gasteiger partial charge in [0.25, 0.3) is 5.56 Å². The number of hydrogen-bond donors (Lipinski definition) is 2. The van der Waals surface area contributed by atoms with E-state index >= 15 is 0 Å². The van der Waals surface area contributed by atoms with Crippen molar-refractivity contribution in [2.24, 2.45) is 0 Å². The quantitative estimate of drug-likeness (QED) is 0.481. The zero-order valence-corrected chi connectivity index (χ0v) is 18.1. The van der Waals surface area contributed by atoms with Crippen molar-refractivity contribution in [2.45, 2.75) is 38.3 Å². The maximum absolute atomic E-state index is 12.6. The van der Waals surface area contributed by atoms with Gasteiger partial charge in [0.2, 0.25) is 5.88 Å². The third kappa shape index (κ3) is 4.24. The van der Waals surface area contributed by atoms with E-state index in [0.29, 0.717) is 23.2 Å². The van der Waals surface area contributed by atoms with Gasteiger partial charge in [-0.15, -0.1) is 11.3 Å². The van der Waals surface area contributed by atoms with E-state index < -0.39 is 0 Å². The molecule has 1 aliphatic heterocycles. The summed E-state index contributed by atoms with van der Waals surface area (Å²) in [4.78, 5) is 24.6. The predicted octanol–water partition coefficient (Wildman–Crippen LogP) is 4.62. The number of fused-ring (bicyclic) bond motifs is 1. The van der Waals surface area contributed by atoms with Crippen LogP contribution in [0.3, 0.4) is 0 Å². The van der Waals surface area contributed by atoms with Gasteiger partial charge in [0, 0.05) is 34.8 Å². The van der Waals surface area contributed by atoms with E-state index in [1.807, 2.05) is 47.8 Å². The average Bonchev–Trinajstić information content (AvgIpc) is 3.29. The summed E-state index contributed by atoms with van der Waals surface area (Å²) < 4.78 is 6.12. The van der Waals surface area contributed by atoms with Crippen molar-refractivity contribution >= 4 is 22.2 Å². The molecule has 0 aliphatic carbocycles. The third-order valence-corrected chi connectivity index (χ3v) is 6.63. The molecule has 2 atom stereocenters. The summed E-state index contributed by atoms with van der Waals surface area (Å²) in [6.45, 7) is 3.13. The van der Waals surface area contributed by atoms with Gasteiger partial charge in [0.05, 0.1) is 11.3 Å². The molecule has 1 saturated heterocycles. The number of benzene rings is 1. The molecule has 2 unspecified atom stereocenters. The Hall–Kier alpha value is -3.03. The van der Waals surface area contributed by atoms with Crippen LogP contribution in [0, 0.1) is 0 Å². The van der Waals surface area contributed by atoms with Crippen molar-refractivity contribution in [1.29, 1.82) is 0 Å². The van der Waals surface area contributed by atoms with Gasteiger partial charge >= 0.3 is 0 Å². The number of ether oxygens (including phenoxy) is 1. The summed E-state index contributed by atoms with van der Waals surface area (Å²) in [7, 11) is 0. The van der Waals surface area contributed by atoms with Crippen LogP contribution in [0.15, 0.2) is 58.8 Å². The number of aromatic nitrogens is 3. The van der Waals surface area contributed by atoms with Gasteiger partial charge in [-0.25, -0.2) is 9.97 Å². The van der Waals surface area contributed by atoms with E-state index in [9.17, 15) is 4.79 Å². The fourth-order valence-corrected chi connectivity index (χ4v) is 4.84. The average molecular weight is 433 g/mol. The predicted molar refractivity (Wildman–Crippen MR) is 125 cm³/mol. The van der Waals surface area contributed by atoms with Gasteiger partial charge in [0.1, 0.15) is 11.1 Å². The summed E-state index contributed by atoms with van der Waals surface area (Å²) >= 11 is 1.51. The standard InChI is InChI=1S/C24H24N4O2S/c1-15(19-7-4-5-10-25-19)30-22-13-17(9-11-26-22)24-28-21(14-31-24)18-12-16-6-2-3-8-20(16)27-23(18)29/h2-3,6,8-9,11-15,19,25H,4-5,7,10H2,1H3,(H,27,29). The Morgan fingerprint density at radius 1 is 1.19 bits per heavy atom. The topological polar surface area (TPSA) is 79.9 Å². The molecule has 1 fully saturated rings. The lowest BCUT2D eigenvalue weighted by atomic mass is 10.0. The van der Waals surface area contributed by atoms with Crippen molar-refractivity contribution in [3.8, 4) is 27.7 Å². The molecule has 1 aromatic carbocycles. The number of H-pyrrole nitrogens is 1. The van der Waals surface area contributed by atoms with Crippen molar-refractivity contribution in [1.82, 2.24) is 20.3 Å². The lowest BCUT2D eigenvalue weighted by Gasteiger charge is -2.29. The molecule has 4 aromatic rings. The SMILES string of the molecule is CC(Oc1cc(-c2nc(-c3cc4ccccc4[nH]c3=O)cs2)ccn1)C1CCCCN1. The van der Waals surface area contributed by atoms with E-state index in [0.717, 1.165) is 34.4 Å². The summed E-state index contributed by atoms with van der Waals surface area (Å²) in [6, 6.07) is 13.8. The molecule has 0 bridgehead atoms. The normalized spacial score (nSPS) is 17.5. The van der Waals surface area contributed by atoms with Crippen molar-refractivity contribution in [3.05, 3.63) is 64.4 Å². The monoisotopic (exact) mass is 432 g/mol. The maximum atomic E-state index is 12.6. The second-order valence-corrected chi connectivity index (χ2v) is 8.76. The minimum absolute atomic E-state index is 0.0473. The van der Waals surface area contributed by atoms with Gasteiger partial charge in [-0.2, -0.15) is 0 Å². The van der Waals surface area contributed by atoms with Crippen LogP contribution in [0.2, 0.25) is 0 Å². The fraction of sp³-hybridized carbons (Fsp3) is 0.292. The number of thiazole rings is 1. The van der Waals surface area contributed by atoms with Gasteiger partial charge in [0.15, 0.2) is 0 Å². The van der Waals surface area contributed by atoms with E-state index in [4.69, 9.17) is 9.72 Å². The lowest BCUT2D eigenvalue weighted by Crippen LogP contribution is -2.44. The third-order valence-electron chi connectivity index (χ3n) is 5.74. The number of piperidine rings is 1. The largest absolute Gasteiger partial charge is 0.473 e. The summed E-state index contributed by atoms with van der Waals surface area (Å²) in [6.07, 6.45) is 5.37. The molecule has 5 rings (SSSR count). The Balaban J connectivity index is 1.39. The minimum atomic E-state index is -0.136. The number of para-hydroxylation sites is 1. The molecule has 0 spiro atoms. The maximum Gasteiger partial charge on any atom is 0.257 e. The zero-order chi connectivity index (χ0) is 21.2. The highest BCUT2D eigenvalue weighted by Crippen LogP contribution is 2.30. The first-order chi connectivity index (χ1) is 15.2. The van der Waals surface area contributed by atoms with Crippen LogP contribution in [-0.2, 0) is 0 Å². The van der Waals surface area contributed by atoms with Gasteiger partial charge in [-0.3, -0.25) is 4.79 Å². The molecule has 31 heavy (non-hydrogen) atoms. The summed E-state index contributed by atoms with van der Waals surface area (Å²) in [5, 5.41) is 7.26. The van der Waals surface area contributed by atoms with Crippen molar-refractivity contribution in [2.75, 3.05) is 6.54 Å². The Morgan fingerprint density at radius 3 is 2.97 bits per heavy atom. The van der Waals surface area contributed by atoms with Crippen molar-refractivity contribution in [3.63, 3.8) is 0 Å². The van der Waals surface area contributed by atoms with Crippen LogP contribution in [0.4, 0.5) is 0 Å². The Bertz CT molecular complexity index is 1260. The van der Waals surface area contributed by atoms with Crippen LogP contribution in [0.1, 0.15) is 26.2 Å². The van der Waals surface area contributed by atoms with Crippen molar-refractivity contribution < 1.29 is 4.74 Å². The van der Waals surface area contributed by atoms with Crippen LogP contribution < -0.4 is 15.6 Å². The first-order valence-corrected chi connectivity index (χ1v) is 11.5. The Morgan fingerprint density at radius 2 is 2.10 bits per heavy atom. The number of rotatable bonds is 5. The lowest BCUT2D eigenvalue weighted by molar-refractivity contribution is 0.147. The minimum Gasteiger partial charge on any atom is -0.473 e. The molecule has 2 N–H and O–H groups in total. The Labute approximate surface area is 184 Å². The van der Waals surface area contributed by atoms with Crippen LogP contribution in [0.5, 0.6) is 5.88 Å². The molecular formula is C24H24N4O2S. The number of nitrogens with zero attached hydrogens (tertiary/aromatic N) is 2. The number of hydrogen-bond acceptors (Lipinski definition) is 6. The van der Waals surface area contributed by atoms with E-state index in [1.54, 1.807) is 6.20 Å². The first kappa shape index (κ1) is 19.9. The second-order valence-electron chi connectivity index (χ2n) is 7.90. The summed E-state index contributed by atoms with van der Waals surface area (Å²) in [5.41, 5.74) is 2.87. The van der Waals surface area contributed by atoms with Gasteiger partial charge in [-0.05, 0) is 49.9 Å². The van der Waals surface area contributed by atoms with E-state index in [2.05, 4.69) is 22.2 Å². The molecule has 0 saturated carbocycles. The summed E-state index contributed by atoms with van der Waals surface area (Å²) in [5.74, 6) is 0.595. The molecule has 7 heteroatoms. The highest BCUT2D eigenvalue weighted by Gasteiger charge is 2.21. The van der Waals surface area contributed by atoms with Crippen LogP contribution >= 0.6 is 11.3 Å². The molecule has 0 amide bonds. The fourth-order valence-electron chi connectivity index (χ4n) is 4.03. The Kier molecular flexibility index (Phi) is 5.53. The second kappa shape index (κ2) is 8.61. The zero-order valence-electron chi connectivity index (χ0n) is 17.3. The highest BCUT2D eigenvalue weighted by atomic mass is 32.1. The van der Waals surface area contributed by atoms with Gasteiger partial charge in [-0.1, -0.05) is 24.6 Å². The van der Waals surface area contributed by atoms with Crippen LogP contribution in [0.25, 0.3) is 32.7 Å². The number of pyridine rings is 2. The molecule has 1 aliphatic rings. The number of nitrogens with one attached hydrogen (secondary N) is 2. The van der Waals surface area contributed by atoms with E-state index in [-0.39, 0.29) is 11.7 Å². The molecule has 4 heterocycles. The smallest absolute Gasteiger partial charge is 0.257 e.